The third-order valence-corrected chi connectivity index (χ3v) is 3.42. The smallest absolute Gasteiger partial charge is 0.236 e. The summed E-state index contributed by atoms with van der Waals surface area (Å²) in [5.41, 5.74) is 2.37. The van der Waals surface area contributed by atoms with E-state index in [1.165, 1.54) is 11.9 Å². The van der Waals surface area contributed by atoms with Crippen molar-refractivity contribution in [3.8, 4) is 11.6 Å². The molecule has 0 spiro atoms. The maximum atomic E-state index is 5.85. The summed E-state index contributed by atoms with van der Waals surface area (Å²) < 4.78 is 6.60. The van der Waals surface area contributed by atoms with Crippen molar-refractivity contribution >= 4 is 21.6 Å². The third-order valence-electron chi connectivity index (χ3n) is 2.88. The number of ether oxygens (including phenoxy) is 1. The minimum absolute atomic E-state index is 0.533. The van der Waals surface area contributed by atoms with Crippen LogP contribution in [0.2, 0.25) is 0 Å². The quantitative estimate of drug-likeness (QED) is 0.924. The lowest BCUT2D eigenvalue weighted by atomic mass is 10.0. The summed E-state index contributed by atoms with van der Waals surface area (Å²) in [6.45, 7) is 0.984. The van der Waals surface area contributed by atoms with Gasteiger partial charge in [-0.3, -0.25) is 0 Å². The molecule has 0 amide bonds. The predicted octanol–water partition coefficient (Wildman–Crippen LogP) is 3.39. The monoisotopic (exact) mass is 305 g/mol. The number of nitrogens with one attached hydrogen (secondary N) is 1. The molecule has 1 N–H and O–H groups in total. The number of hydrogen-bond acceptors (Lipinski definition) is 4. The largest absolute Gasteiger partial charge is 0.436 e. The molecule has 1 aromatic carbocycles. The summed E-state index contributed by atoms with van der Waals surface area (Å²) in [6, 6.07) is 6.09. The van der Waals surface area contributed by atoms with Crippen LogP contribution in [0.25, 0.3) is 0 Å². The van der Waals surface area contributed by atoms with Crippen LogP contribution in [0.4, 0.5) is 5.69 Å². The first-order chi connectivity index (χ1) is 8.84. The van der Waals surface area contributed by atoms with Crippen LogP contribution in [0.15, 0.2) is 35.2 Å². The van der Waals surface area contributed by atoms with E-state index < -0.39 is 0 Å². The number of fused-ring (bicyclic) bond motifs is 1. The molecule has 0 radical (unpaired) electrons. The van der Waals surface area contributed by atoms with E-state index in [0.717, 1.165) is 35.3 Å². The Morgan fingerprint density at radius 3 is 3.17 bits per heavy atom. The van der Waals surface area contributed by atoms with Gasteiger partial charge in [0.2, 0.25) is 5.88 Å². The molecule has 2 aromatic rings. The number of aryl methyl sites for hydroxylation is 1. The molecule has 5 heteroatoms. The van der Waals surface area contributed by atoms with Crippen molar-refractivity contribution in [2.24, 2.45) is 0 Å². The topological polar surface area (TPSA) is 47.0 Å². The molecule has 1 aromatic heterocycles. The zero-order valence-corrected chi connectivity index (χ0v) is 11.3. The fourth-order valence-corrected chi connectivity index (χ4v) is 2.35. The molecule has 3 rings (SSSR count). The number of para-hydroxylation sites is 1. The molecule has 4 nitrogen and oxygen atoms in total. The van der Waals surface area contributed by atoms with Crippen molar-refractivity contribution in [3.05, 3.63) is 40.8 Å². The molecule has 2 heterocycles. The summed E-state index contributed by atoms with van der Waals surface area (Å²) in [4.78, 5) is 8.03. The van der Waals surface area contributed by atoms with Gasteiger partial charge in [-0.05, 0) is 40.4 Å². The number of halogens is 1. The Labute approximate surface area is 114 Å². The fraction of sp³-hybridized carbons (Fsp3) is 0.231. The van der Waals surface area contributed by atoms with Gasteiger partial charge in [0.05, 0.1) is 10.2 Å². The maximum absolute atomic E-state index is 5.85. The van der Waals surface area contributed by atoms with Gasteiger partial charge in [-0.15, -0.1) is 0 Å². The van der Waals surface area contributed by atoms with Gasteiger partial charge in [0.15, 0.2) is 5.75 Å². The van der Waals surface area contributed by atoms with Crippen molar-refractivity contribution < 1.29 is 4.74 Å². The summed E-state index contributed by atoms with van der Waals surface area (Å²) in [5.74, 6) is 1.34. The molecule has 0 bridgehead atoms. The lowest BCUT2D eigenvalue weighted by molar-refractivity contribution is 0.458. The normalized spacial score (nSPS) is 13.6. The Hall–Kier alpha value is -1.62. The molecule has 92 valence electrons. The highest BCUT2D eigenvalue weighted by atomic mass is 79.9. The highest BCUT2D eigenvalue weighted by molar-refractivity contribution is 9.10. The Balaban J connectivity index is 1.96. The molecule has 0 saturated carbocycles. The van der Waals surface area contributed by atoms with Gasteiger partial charge < -0.3 is 10.1 Å². The Morgan fingerprint density at radius 2 is 2.28 bits per heavy atom. The van der Waals surface area contributed by atoms with E-state index in [2.05, 4.69) is 37.3 Å². The van der Waals surface area contributed by atoms with Crippen LogP contribution in [0, 0.1) is 0 Å². The van der Waals surface area contributed by atoms with Crippen LogP contribution < -0.4 is 10.1 Å². The second-order valence-electron chi connectivity index (χ2n) is 4.10. The molecule has 0 unspecified atom stereocenters. The molecule has 18 heavy (non-hydrogen) atoms. The van der Waals surface area contributed by atoms with Crippen LogP contribution in [0.3, 0.4) is 0 Å². The standard InChI is InChI=1S/C13H12BrN3O/c14-10-7-15-8-17-13(10)18-11-5-1-3-9-4-2-6-16-12(9)11/h1,3,5,7-8,16H,2,4,6H2. The van der Waals surface area contributed by atoms with Gasteiger partial charge in [-0.25, -0.2) is 9.97 Å². The van der Waals surface area contributed by atoms with Crippen molar-refractivity contribution in [1.82, 2.24) is 9.97 Å². The van der Waals surface area contributed by atoms with E-state index in [-0.39, 0.29) is 0 Å². The lowest BCUT2D eigenvalue weighted by Gasteiger charge is -2.20. The molecule has 1 aliphatic heterocycles. The van der Waals surface area contributed by atoms with Crippen LogP contribution >= 0.6 is 15.9 Å². The van der Waals surface area contributed by atoms with E-state index >= 15 is 0 Å². The van der Waals surface area contributed by atoms with Gasteiger partial charge in [0.25, 0.3) is 0 Å². The SMILES string of the molecule is Brc1cncnc1Oc1cccc2c1NCCC2. The molecular weight excluding hydrogens is 294 g/mol. The van der Waals surface area contributed by atoms with Crippen molar-refractivity contribution in [3.63, 3.8) is 0 Å². The number of aromatic nitrogens is 2. The first kappa shape index (κ1) is 11.5. The average molecular weight is 306 g/mol. The van der Waals surface area contributed by atoms with E-state index in [4.69, 9.17) is 4.74 Å². The van der Waals surface area contributed by atoms with E-state index in [0.29, 0.717) is 5.88 Å². The molecule has 0 aliphatic carbocycles. The molecule has 0 saturated heterocycles. The first-order valence-corrected chi connectivity index (χ1v) is 6.63. The molecule has 0 fully saturated rings. The average Bonchev–Trinajstić information content (AvgIpc) is 2.42. The first-order valence-electron chi connectivity index (χ1n) is 5.84. The maximum Gasteiger partial charge on any atom is 0.236 e. The summed E-state index contributed by atoms with van der Waals surface area (Å²) >= 11 is 3.38. The minimum Gasteiger partial charge on any atom is -0.436 e. The van der Waals surface area contributed by atoms with Gasteiger partial charge in [-0.1, -0.05) is 12.1 Å². The molecule has 1 aliphatic rings. The van der Waals surface area contributed by atoms with Crippen molar-refractivity contribution in [1.29, 1.82) is 0 Å². The van der Waals surface area contributed by atoms with Crippen molar-refractivity contribution in [2.75, 3.05) is 11.9 Å². The second-order valence-corrected chi connectivity index (χ2v) is 4.95. The van der Waals surface area contributed by atoms with Crippen LogP contribution in [0.5, 0.6) is 11.6 Å². The summed E-state index contributed by atoms with van der Waals surface area (Å²) in [7, 11) is 0. The molecule has 0 atom stereocenters. The van der Waals surface area contributed by atoms with E-state index in [1.54, 1.807) is 6.20 Å². The predicted molar refractivity (Wildman–Crippen MR) is 73.1 cm³/mol. The van der Waals surface area contributed by atoms with Crippen LogP contribution in [0.1, 0.15) is 12.0 Å². The van der Waals surface area contributed by atoms with Crippen molar-refractivity contribution in [2.45, 2.75) is 12.8 Å². The zero-order chi connectivity index (χ0) is 12.4. The van der Waals surface area contributed by atoms with Crippen LogP contribution in [-0.4, -0.2) is 16.5 Å². The number of hydrogen-bond donors (Lipinski definition) is 1. The number of benzene rings is 1. The van der Waals surface area contributed by atoms with E-state index in [9.17, 15) is 0 Å². The fourth-order valence-electron chi connectivity index (χ4n) is 2.04. The Morgan fingerprint density at radius 1 is 1.33 bits per heavy atom. The minimum atomic E-state index is 0.533. The Kier molecular flexibility index (Phi) is 3.15. The van der Waals surface area contributed by atoms with Gasteiger partial charge in [0.1, 0.15) is 6.33 Å². The van der Waals surface area contributed by atoms with Crippen LogP contribution in [-0.2, 0) is 6.42 Å². The zero-order valence-electron chi connectivity index (χ0n) is 9.69. The number of rotatable bonds is 2. The lowest BCUT2D eigenvalue weighted by Crippen LogP contribution is -2.12. The third kappa shape index (κ3) is 2.18. The van der Waals surface area contributed by atoms with Gasteiger partial charge in [0, 0.05) is 12.7 Å². The molecular formula is C13H12BrN3O. The number of nitrogens with zero attached hydrogens (tertiary/aromatic N) is 2. The number of anilines is 1. The summed E-state index contributed by atoms with van der Waals surface area (Å²) in [5, 5.41) is 3.39. The Bertz CT molecular complexity index is 574. The highest BCUT2D eigenvalue weighted by Crippen LogP contribution is 2.36. The van der Waals surface area contributed by atoms with E-state index in [1.807, 2.05) is 12.1 Å². The second kappa shape index (κ2) is 4.94. The van der Waals surface area contributed by atoms with Gasteiger partial charge >= 0.3 is 0 Å². The van der Waals surface area contributed by atoms with Gasteiger partial charge in [-0.2, -0.15) is 0 Å². The highest BCUT2D eigenvalue weighted by Gasteiger charge is 2.14. The summed E-state index contributed by atoms with van der Waals surface area (Å²) in [6.07, 6.45) is 5.40.